The highest BCUT2D eigenvalue weighted by molar-refractivity contribution is 5.78. The molecule has 0 aliphatic rings. The van der Waals surface area contributed by atoms with Gasteiger partial charge < -0.3 is 0 Å². The van der Waals surface area contributed by atoms with E-state index in [1.165, 1.54) is 18.3 Å². The Balaban J connectivity index is 2.34. The standard InChI is InChI=1S/C12H9FN4O/c1-7-11-10(18)6-14-15-12(11)17(16-7)9-4-2-8(13)3-5-9/h2-6H,1H3,(H,15,18). The van der Waals surface area contributed by atoms with Crippen LogP contribution in [-0.4, -0.2) is 20.0 Å². The molecule has 6 heteroatoms. The first kappa shape index (κ1) is 10.6. The van der Waals surface area contributed by atoms with Crippen LogP contribution in [-0.2, 0) is 0 Å². The summed E-state index contributed by atoms with van der Waals surface area (Å²) in [6.07, 6.45) is 1.21. The van der Waals surface area contributed by atoms with Crippen LogP contribution in [0.1, 0.15) is 5.69 Å². The molecule has 0 atom stereocenters. The number of benzene rings is 1. The Morgan fingerprint density at radius 1 is 1.28 bits per heavy atom. The van der Waals surface area contributed by atoms with Crippen LogP contribution in [0.25, 0.3) is 16.7 Å². The Bertz CT molecular complexity index is 773. The van der Waals surface area contributed by atoms with Gasteiger partial charge >= 0.3 is 0 Å². The molecular formula is C12H9FN4O. The molecule has 3 aromatic rings. The van der Waals surface area contributed by atoms with Crippen LogP contribution in [0, 0.1) is 12.7 Å². The summed E-state index contributed by atoms with van der Waals surface area (Å²) >= 11 is 0. The Kier molecular flexibility index (Phi) is 2.22. The fourth-order valence-electron chi connectivity index (χ4n) is 1.91. The SMILES string of the molecule is Cc1nn(-c2ccc(F)cc2)c2[nH]ncc(=O)c12. The molecule has 90 valence electrons. The lowest BCUT2D eigenvalue weighted by atomic mass is 10.3. The lowest BCUT2D eigenvalue weighted by Gasteiger charge is -2.02. The number of hydrogen-bond acceptors (Lipinski definition) is 3. The van der Waals surface area contributed by atoms with E-state index in [9.17, 15) is 9.18 Å². The molecule has 18 heavy (non-hydrogen) atoms. The van der Waals surface area contributed by atoms with Crippen molar-refractivity contribution in [1.29, 1.82) is 0 Å². The Labute approximate surface area is 101 Å². The zero-order valence-corrected chi connectivity index (χ0v) is 9.51. The van der Waals surface area contributed by atoms with E-state index < -0.39 is 0 Å². The molecule has 0 radical (unpaired) electrons. The zero-order chi connectivity index (χ0) is 12.7. The molecule has 0 amide bonds. The summed E-state index contributed by atoms with van der Waals surface area (Å²) in [6.45, 7) is 1.75. The number of H-pyrrole nitrogens is 1. The van der Waals surface area contributed by atoms with Gasteiger partial charge in [0.2, 0.25) is 5.43 Å². The van der Waals surface area contributed by atoms with Gasteiger partial charge in [-0.15, -0.1) is 0 Å². The van der Waals surface area contributed by atoms with Crippen molar-refractivity contribution in [3.05, 3.63) is 52.2 Å². The first-order valence-electron chi connectivity index (χ1n) is 5.36. The molecule has 0 aliphatic heterocycles. The molecule has 5 nitrogen and oxygen atoms in total. The smallest absolute Gasteiger partial charge is 0.211 e. The molecule has 0 unspecified atom stereocenters. The molecule has 3 rings (SSSR count). The predicted octanol–water partition coefficient (Wildman–Crippen LogP) is 1.56. The number of hydrogen-bond donors (Lipinski definition) is 1. The zero-order valence-electron chi connectivity index (χ0n) is 9.51. The van der Waals surface area contributed by atoms with Gasteiger partial charge in [-0.1, -0.05) is 0 Å². The number of nitrogens with zero attached hydrogens (tertiary/aromatic N) is 3. The van der Waals surface area contributed by atoms with Gasteiger partial charge in [0, 0.05) is 0 Å². The maximum Gasteiger partial charge on any atom is 0.211 e. The second-order valence-electron chi connectivity index (χ2n) is 3.93. The first-order valence-corrected chi connectivity index (χ1v) is 5.36. The van der Waals surface area contributed by atoms with Gasteiger partial charge in [-0.3, -0.25) is 9.89 Å². The van der Waals surface area contributed by atoms with E-state index >= 15 is 0 Å². The van der Waals surface area contributed by atoms with Crippen molar-refractivity contribution in [2.45, 2.75) is 6.92 Å². The van der Waals surface area contributed by atoms with Crippen molar-refractivity contribution in [3.8, 4) is 5.69 Å². The molecule has 0 spiro atoms. The monoisotopic (exact) mass is 244 g/mol. The molecule has 0 fully saturated rings. The van der Waals surface area contributed by atoms with Crippen molar-refractivity contribution in [1.82, 2.24) is 20.0 Å². The normalized spacial score (nSPS) is 11.0. The highest BCUT2D eigenvalue weighted by atomic mass is 19.1. The quantitative estimate of drug-likeness (QED) is 0.706. The van der Waals surface area contributed by atoms with Crippen LogP contribution in [0.2, 0.25) is 0 Å². The Morgan fingerprint density at radius 2 is 2.00 bits per heavy atom. The van der Waals surface area contributed by atoms with E-state index in [1.807, 2.05) is 0 Å². The molecular weight excluding hydrogens is 235 g/mol. The maximum atomic E-state index is 12.9. The topological polar surface area (TPSA) is 63.6 Å². The number of rotatable bonds is 1. The van der Waals surface area contributed by atoms with Crippen molar-refractivity contribution >= 4 is 11.0 Å². The van der Waals surface area contributed by atoms with Gasteiger partial charge in [0.05, 0.1) is 23.0 Å². The Hall–Kier alpha value is -2.50. The van der Waals surface area contributed by atoms with Crippen LogP contribution in [0.3, 0.4) is 0 Å². The van der Waals surface area contributed by atoms with Crippen LogP contribution >= 0.6 is 0 Å². The maximum absolute atomic E-state index is 12.9. The van der Waals surface area contributed by atoms with E-state index in [0.29, 0.717) is 22.4 Å². The lowest BCUT2D eigenvalue weighted by molar-refractivity contribution is 0.627. The summed E-state index contributed by atoms with van der Waals surface area (Å²) in [5, 5.41) is 11.3. The summed E-state index contributed by atoms with van der Waals surface area (Å²) in [6, 6.07) is 5.86. The summed E-state index contributed by atoms with van der Waals surface area (Å²) in [5.74, 6) is -0.321. The number of fused-ring (bicyclic) bond motifs is 1. The van der Waals surface area contributed by atoms with Crippen molar-refractivity contribution in [2.75, 3.05) is 0 Å². The minimum Gasteiger partial charge on any atom is -0.287 e. The van der Waals surface area contributed by atoms with Gasteiger partial charge in [0.15, 0.2) is 5.65 Å². The number of aryl methyl sites for hydroxylation is 1. The molecule has 0 saturated carbocycles. The number of aromatic amines is 1. The van der Waals surface area contributed by atoms with Crippen molar-refractivity contribution < 1.29 is 4.39 Å². The third kappa shape index (κ3) is 1.50. The van der Waals surface area contributed by atoms with E-state index in [-0.39, 0.29) is 11.2 Å². The highest BCUT2D eigenvalue weighted by Gasteiger charge is 2.12. The highest BCUT2D eigenvalue weighted by Crippen LogP contribution is 2.16. The summed E-state index contributed by atoms with van der Waals surface area (Å²) in [5.41, 5.74) is 1.59. The van der Waals surface area contributed by atoms with Gasteiger partial charge in [0.1, 0.15) is 5.82 Å². The van der Waals surface area contributed by atoms with Crippen LogP contribution in [0.5, 0.6) is 0 Å². The van der Waals surface area contributed by atoms with Crippen molar-refractivity contribution in [3.63, 3.8) is 0 Å². The van der Waals surface area contributed by atoms with Gasteiger partial charge in [-0.2, -0.15) is 10.2 Å². The van der Waals surface area contributed by atoms with Crippen molar-refractivity contribution in [2.24, 2.45) is 0 Å². The number of aromatic nitrogens is 4. The van der Waals surface area contributed by atoms with Gasteiger partial charge in [0.25, 0.3) is 0 Å². The minimum atomic E-state index is -0.321. The second-order valence-corrected chi connectivity index (χ2v) is 3.93. The van der Waals surface area contributed by atoms with E-state index in [0.717, 1.165) is 0 Å². The van der Waals surface area contributed by atoms with E-state index in [2.05, 4.69) is 15.3 Å². The fourth-order valence-corrected chi connectivity index (χ4v) is 1.91. The molecule has 2 heterocycles. The van der Waals surface area contributed by atoms with Crippen LogP contribution < -0.4 is 5.43 Å². The Morgan fingerprint density at radius 3 is 2.72 bits per heavy atom. The second kappa shape index (κ2) is 3.76. The lowest BCUT2D eigenvalue weighted by Crippen LogP contribution is -2.04. The number of nitrogens with one attached hydrogen (secondary N) is 1. The summed E-state index contributed by atoms with van der Waals surface area (Å²) < 4.78 is 14.4. The molecule has 0 bridgehead atoms. The third-order valence-corrected chi connectivity index (χ3v) is 2.73. The summed E-state index contributed by atoms with van der Waals surface area (Å²) in [4.78, 5) is 11.7. The van der Waals surface area contributed by atoms with Crippen LogP contribution in [0.4, 0.5) is 4.39 Å². The molecule has 0 saturated heterocycles. The summed E-state index contributed by atoms with van der Waals surface area (Å²) in [7, 11) is 0. The largest absolute Gasteiger partial charge is 0.287 e. The average Bonchev–Trinajstić information content (AvgIpc) is 2.69. The molecule has 1 N–H and O–H groups in total. The minimum absolute atomic E-state index is 0.186. The molecule has 0 aliphatic carbocycles. The van der Waals surface area contributed by atoms with Gasteiger partial charge in [-0.05, 0) is 31.2 Å². The fraction of sp³-hybridized carbons (Fsp3) is 0.0833. The molecule has 2 aromatic heterocycles. The van der Waals surface area contributed by atoms with Crippen LogP contribution in [0.15, 0.2) is 35.3 Å². The van der Waals surface area contributed by atoms with Gasteiger partial charge in [-0.25, -0.2) is 9.07 Å². The third-order valence-electron chi connectivity index (χ3n) is 2.73. The first-order chi connectivity index (χ1) is 8.66. The van der Waals surface area contributed by atoms with E-state index in [4.69, 9.17) is 0 Å². The predicted molar refractivity (Wildman–Crippen MR) is 64.2 cm³/mol. The average molecular weight is 244 g/mol. The van der Waals surface area contributed by atoms with E-state index in [1.54, 1.807) is 23.7 Å². The number of halogens is 1. The molecule has 1 aromatic carbocycles.